The molecule has 0 radical (unpaired) electrons. The van der Waals surface area contributed by atoms with Crippen LogP contribution in [0.15, 0.2) is 28.2 Å². The summed E-state index contributed by atoms with van der Waals surface area (Å²) in [5.74, 6) is 0.773. The van der Waals surface area contributed by atoms with Crippen LogP contribution in [0.3, 0.4) is 0 Å². The second-order valence-corrected chi connectivity index (χ2v) is 5.88. The highest BCUT2D eigenvalue weighted by atomic mass is 79.9. The van der Waals surface area contributed by atoms with Gasteiger partial charge in [0.05, 0.1) is 16.1 Å². The van der Waals surface area contributed by atoms with Gasteiger partial charge in [-0.2, -0.15) is 0 Å². The van der Waals surface area contributed by atoms with Crippen LogP contribution in [0.2, 0.25) is 0 Å². The Morgan fingerprint density at radius 2 is 2.25 bits per heavy atom. The third kappa shape index (κ3) is 1.79. The van der Waals surface area contributed by atoms with Crippen molar-refractivity contribution in [3.05, 3.63) is 34.0 Å². The van der Waals surface area contributed by atoms with Crippen molar-refractivity contribution < 1.29 is 0 Å². The summed E-state index contributed by atoms with van der Waals surface area (Å²) in [5, 5.41) is 2.05. The third-order valence-electron chi connectivity index (χ3n) is 2.71. The minimum atomic E-state index is -0.259. The lowest BCUT2D eigenvalue weighted by molar-refractivity contribution is 0.673. The van der Waals surface area contributed by atoms with Gasteiger partial charge in [0.25, 0.3) is 0 Å². The molecule has 0 aliphatic heterocycles. The number of hydrogen-bond donors (Lipinski definition) is 1. The quantitative estimate of drug-likeness (QED) is 0.927. The third-order valence-corrected chi connectivity index (χ3v) is 4.42. The first kappa shape index (κ1) is 10.4. The fraction of sp³-hybridized carbons (Fsp3) is 0.273. The summed E-state index contributed by atoms with van der Waals surface area (Å²) in [7, 11) is 0. The molecule has 0 bridgehead atoms. The van der Waals surface area contributed by atoms with Crippen LogP contribution in [0.4, 0.5) is 0 Å². The average molecular weight is 296 g/mol. The molecular formula is C11H10BrN3S. The predicted molar refractivity (Wildman–Crippen MR) is 68.1 cm³/mol. The maximum absolute atomic E-state index is 6.09. The zero-order valence-corrected chi connectivity index (χ0v) is 10.9. The largest absolute Gasteiger partial charge is 0.319 e. The number of aromatic nitrogens is 2. The zero-order valence-electron chi connectivity index (χ0n) is 8.48. The maximum atomic E-state index is 6.09. The Bertz CT molecular complexity index is 534. The van der Waals surface area contributed by atoms with Crippen molar-refractivity contribution in [3.8, 4) is 10.6 Å². The lowest BCUT2D eigenvalue weighted by Gasteiger charge is -2.07. The van der Waals surface area contributed by atoms with Crippen molar-refractivity contribution in [3.63, 3.8) is 0 Å². The summed E-state index contributed by atoms with van der Waals surface area (Å²) >= 11 is 5.11. The van der Waals surface area contributed by atoms with E-state index in [2.05, 4.69) is 32.0 Å². The molecule has 3 nitrogen and oxygen atoms in total. The molecule has 3 rings (SSSR count). The smallest absolute Gasteiger partial charge is 0.148 e. The number of nitrogens with two attached hydrogens (primary N) is 1. The molecule has 0 saturated heterocycles. The summed E-state index contributed by atoms with van der Waals surface area (Å²) in [6, 6.07) is 3.99. The van der Waals surface area contributed by atoms with Crippen LogP contribution in [0, 0.1) is 0 Å². The fourth-order valence-electron chi connectivity index (χ4n) is 1.54. The first-order valence-electron chi connectivity index (χ1n) is 5.04. The highest BCUT2D eigenvalue weighted by molar-refractivity contribution is 9.10. The molecule has 1 saturated carbocycles. The number of rotatable bonds is 2. The average Bonchev–Trinajstić information content (AvgIpc) is 2.89. The molecule has 1 aliphatic rings. The highest BCUT2D eigenvalue weighted by Crippen LogP contribution is 2.41. The van der Waals surface area contributed by atoms with Crippen molar-refractivity contribution in [1.29, 1.82) is 0 Å². The molecule has 5 heteroatoms. The molecular weight excluding hydrogens is 286 g/mol. The summed E-state index contributed by atoms with van der Waals surface area (Å²) in [6.45, 7) is 0. The molecule has 0 aromatic carbocycles. The molecule has 0 spiro atoms. The molecule has 1 aliphatic carbocycles. The van der Waals surface area contributed by atoms with Gasteiger partial charge in [-0.15, -0.1) is 11.3 Å². The van der Waals surface area contributed by atoms with Gasteiger partial charge in [-0.1, -0.05) is 0 Å². The van der Waals surface area contributed by atoms with E-state index in [1.807, 2.05) is 11.4 Å². The summed E-state index contributed by atoms with van der Waals surface area (Å²) in [6.07, 6.45) is 3.77. The van der Waals surface area contributed by atoms with Crippen LogP contribution < -0.4 is 5.73 Å². The second-order valence-electron chi connectivity index (χ2n) is 4.05. The van der Waals surface area contributed by atoms with E-state index in [-0.39, 0.29) is 5.54 Å². The number of nitrogens with zero attached hydrogens (tertiary/aromatic N) is 2. The van der Waals surface area contributed by atoms with Crippen molar-refractivity contribution in [2.45, 2.75) is 18.4 Å². The maximum Gasteiger partial charge on any atom is 0.148 e. The van der Waals surface area contributed by atoms with E-state index < -0.39 is 0 Å². The highest BCUT2D eigenvalue weighted by Gasteiger charge is 2.43. The van der Waals surface area contributed by atoms with Crippen LogP contribution >= 0.6 is 27.3 Å². The Kier molecular flexibility index (Phi) is 2.34. The fourth-order valence-corrected chi connectivity index (χ4v) is 2.94. The first-order chi connectivity index (χ1) is 7.67. The Morgan fingerprint density at radius 1 is 1.44 bits per heavy atom. The van der Waals surface area contributed by atoms with E-state index in [4.69, 9.17) is 5.73 Å². The van der Waals surface area contributed by atoms with Gasteiger partial charge in [0, 0.05) is 16.0 Å². The van der Waals surface area contributed by atoms with Crippen molar-refractivity contribution >= 4 is 27.3 Å². The number of thiophene rings is 1. The predicted octanol–water partition coefficient (Wildman–Crippen LogP) is 2.92. The van der Waals surface area contributed by atoms with E-state index in [9.17, 15) is 0 Å². The first-order valence-corrected chi connectivity index (χ1v) is 6.71. The van der Waals surface area contributed by atoms with Crippen molar-refractivity contribution in [1.82, 2.24) is 9.97 Å². The van der Waals surface area contributed by atoms with Crippen LogP contribution in [0.1, 0.15) is 18.7 Å². The van der Waals surface area contributed by atoms with Gasteiger partial charge < -0.3 is 5.73 Å². The molecule has 0 atom stereocenters. The van der Waals surface area contributed by atoms with E-state index in [1.54, 1.807) is 17.5 Å². The molecule has 0 amide bonds. The second kappa shape index (κ2) is 3.61. The molecule has 2 heterocycles. The van der Waals surface area contributed by atoms with Crippen molar-refractivity contribution in [2.75, 3.05) is 0 Å². The Hall–Kier alpha value is -0.780. The van der Waals surface area contributed by atoms with E-state index in [0.717, 1.165) is 33.7 Å². The van der Waals surface area contributed by atoms with E-state index in [1.165, 1.54) is 0 Å². The van der Waals surface area contributed by atoms with Gasteiger partial charge in [0.15, 0.2) is 0 Å². The summed E-state index contributed by atoms with van der Waals surface area (Å²) < 4.78 is 1.08. The Balaban J connectivity index is 2.02. The van der Waals surface area contributed by atoms with Gasteiger partial charge in [0.1, 0.15) is 5.82 Å². The van der Waals surface area contributed by atoms with Gasteiger partial charge in [-0.3, -0.25) is 0 Å². The topological polar surface area (TPSA) is 51.8 Å². The zero-order chi connectivity index (χ0) is 11.2. The number of hydrogen-bond acceptors (Lipinski definition) is 4. The Labute approximate surface area is 106 Å². The monoisotopic (exact) mass is 295 g/mol. The van der Waals surface area contributed by atoms with Gasteiger partial charge in [0.2, 0.25) is 0 Å². The van der Waals surface area contributed by atoms with Crippen LogP contribution in [-0.4, -0.2) is 9.97 Å². The minimum absolute atomic E-state index is 0.259. The molecule has 2 aromatic rings. The lowest BCUT2D eigenvalue weighted by atomic mass is 10.2. The summed E-state index contributed by atoms with van der Waals surface area (Å²) in [5.41, 5.74) is 6.79. The minimum Gasteiger partial charge on any atom is -0.319 e. The van der Waals surface area contributed by atoms with Crippen LogP contribution in [-0.2, 0) is 5.54 Å². The van der Waals surface area contributed by atoms with Gasteiger partial charge in [-0.25, -0.2) is 9.97 Å². The van der Waals surface area contributed by atoms with Gasteiger partial charge in [-0.05, 0) is 40.9 Å². The normalized spacial score (nSPS) is 17.4. The number of halogens is 1. The summed E-state index contributed by atoms with van der Waals surface area (Å²) in [4.78, 5) is 9.94. The Morgan fingerprint density at radius 3 is 2.88 bits per heavy atom. The lowest BCUT2D eigenvalue weighted by Crippen LogP contribution is -2.22. The van der Waals surface area contributed by atoms with Crippen LogP contribution in [0.25, 0.3) is 10.6 Å². The van der Waals surface area contributed by atoms with Crippen molar-refractivity contribution in [2.24, 2.45) is 5.73 Å². The molecule has 82 valence electrons. The van der Waals surface area contributed by atoms with E-state index in [0.29, 0.717) is 0 Å². The van der Waals surface area contributed by atoms with Gasteiger partial charge >= 0.3 is 0 Å². The molecule has 2 aromatic heterocycles. The SMILES string of the molecule is NC1(c2nccc(-c3cc(Br)cs3)n2)CC1. The van der Waals surface area contributed by atoms with Crippen LogP contribution in [0.5, 0.6) is 0 Å². The molecule has 1 fully saturated rings. The van der Waals surface area contributed by atoms with E-state index >= 15 is 0 Å². The standard InChI is InChI=1S/C11H10BrN3S/c12-7-5-9(16-6-7)8-1-4-14-10(15-8)11(13)2-3-11/h1,4-6H,2-3,13H2. The molecule has 0 unspecified atom stereocenters. The molecule has 16 heavy (non-hydrogen) atoms. The molecule has 2 N–H and O–H groups in total.